The Morgan fingerprint density at radius 2 is 1.54 bits per heavy atom. The minimum Gasteiger partial charge on any atom is -0.493 e. The van der Waals surface area contributed by atoms with Crippen LogP contribution in [0.15, 0.2) is 36.4 Å². The van der Waals surface area contributed by atoms with Gasteiger partial charge in [0.15, 0.2) is 6.10 Å². The highest BCUT2D eigenvalue weighted by Gasteiger charge is 2.20. The smallest absolute Gasteiger partial charge is 0.338 e. The average Bonchev–Trinajstić information content (AvgIpc) is 2.63. The highest BCUT2D eigenvalue weighted by molar-refractivity contribution is 5.98. The predicted molar refractivity (Wildman–Crippen MR) is 111 cm³/mol. The fourth-order valence-corrected chi connectivity index (χ4v) is 2.83. The first kappa shape index (κ1) is 21.5. The highest BCUT2D eigenvalue weighted by Crippen LogP contribution is 2.22. The van der Waals surface area contributed by atoms with Gasteiger partial charge in [0.05, 0.1) is 12.2 Å². The van der Waals surface area contributed by atoms with Crippen LogP contribution < -0.4 is 10.1 Å². The molecule has 0 spiro atoms. The number of anilines is 1. The van der Waals surface area contributed by atoms with Crippen LogP contribution in [-0.4, -0.2) is 24.6 Å². The van der Waals surface area contributed by atoms with E-state index in [1.54, 1.807) is 31.2 Å². The van der Waals surface area contributed by atoms with Crippen LogP contribution in [0.5, 0.6) is 5.75 Å². The molecule has 28 heavy (non-hydrogen) atoms. The van der Waals surface area contributed by atoms with Crippen LogP contribution in [-0.2, 0) is 9.53 Å². The topological polar surface area (TPSA) is 64.6 Å². The second-order valence-corrected chi connectivity index (χ2v) is 7.54. The Morgan fingerprint density at radius 1 is 0.964 bits per heavy atom. The lowest BCUT2D eigenvalue weighted by atomic mass is 10.0. The van der Waals surface area contributed by atoms with E-state index in [1.165, 1.54) is 0 Å². The summed E-state index contributed by atoms with van der Waals surface area (Å²) in [6.45, 7) is 12.2. The summed E-state index contributed by atoms with van der Waals surface area (Å²) < 4.78 is 10.9. The lowest BCUT2D eigenvalue weighted by molar-refractivity contribution is -0.123. The van der Waals surface area contributed by atoms with Crippen molar-refractivity contribution in [3.8, 4) is 5.75 Å². The lowest BCUT2D eigenvalue weighted by Gasteiger charge is -2.17. The van der Waals surface area contributed by atoms with Gasteiger partial charge in [-0.05, 0) is 69.0 Å². The summed E-state index contributed by atoms with van der Waals surface area (Å²) in [5.41, 5.74) is 4.21. The molecule has 2 aromatic rings. The number of carbonyl (C=O) groups is 2. The van der Waals surface area contributed by atoms with Crippen LogP contribution in [0.2, 0.25) is 0 Å². The monoisotopic (exact) mass is 383 g/mol. The van der Waals surface area contributed by atoms with Gasteiger partial charge < -0.3 is 14.8 Å². The molecule has 0 saturated heterocycles. The molecule has 150 valence electrons. The minimum atomic E-state index is -0.913. The van der Waals surface area contributed by atoms with Gasteiger partial charge in [-0.3, -0.25) is 4.79 Å². The molecule has 1 atom stereocenters. The van der Waals surface area contributed by atoms with Gasteiger partial charge in [-0.25, -0.2) is 4.79 Å². The van der Waals surface area contributed by atoms with Crippen LogP contribution in [0.3, 0.4) is 0 Å². The van der Waals surface area contributed by atoms with Crippen LogP contribution >= 0.6 is 0 Å². The summed E-state index contributed by atoms with van der Waals surface area (Å²) in [6.07, 6.45) is -0.913. The molecule has 0 unspecified atom stereocenters. The molecule has 0 saturated carbocycles. The maximum Gasteiger partial charge on any atom is 0.338 e. The molecule has 0 aromatic heterocycles. The number of ether oxygens (including phenoxy) is 2. The van der Waals surface area contributed by atoms with Crippen molar-refractivity contribution in [1.82, 2.24) is 0 Å². The van der Waals surface area contributed by atoms with E-state index in [0.29, 0.717) is 23.8 Å². The maximum atomic E-state index is 12.5. The molecule has 2 aromatic carbocycles. The molecule has 0 radical (unpaired) electrons. The zero-order valence-electron chi connectivity index (χ0n) is 17.5. The van der Waals surface area contributed by atoms with E-state index in [1.807, 2.05) is 32.9 Å². The molecule has 5 nitrogen and oxygen atoms in total. The Kier molecular flexibility index (Phi) is 7.21. The van der Waals surface area contributed by atoms with Crippen molar-refractivity contribution in [2.24, 2.45) is 5.92 Å². The Morgan fingerprint density at radius 3 is 2.07 bits per heavy atom. The number of aryl methyl sites for hydroxylation is 3. The van der Waals surface area contributed by atoms with Crippen LogP contribution in [0.4, 0.5) is 5.69 Å². The van der Waals surface area contributed by atoms with Crippen molar-refractivity contribution in [3.63, 3.8) is 0 Å². The predicted octanol–water partition coefficient (Wildman–Crippen LogP) is 4.83. The van der Waals surface area contributed by atoms with Crippen molar-refractivity contribution < 1.29 is 19.1 Å². The summed E-state index contributed by atoms with van der Waals surface area (Å²) in [5, 5.41) is 2.86. The van der Waals surface area contributed by atoms with Crippen LogP contribution in [0.25, 0.3) is 0 Å². The quantitative estimate of drug-likeness (QED) is 0.696. The summed E-state index contributed by atoms with van der Waals surface area (Å²) in [4.78, 5) is 24.8. The zero-order valence-corrected chi connectivity index (χ0v) is 17.5. The number of carbonyl (C=O) groups excluding carboxylic acids is 2. The van der Waals surface area contributed by atoms with Crippen molar-refractivity contribution in [1.29, 1.82) is 0 Å². The van der Waals surface area contributed by atoms with Gasteiger partial charge in [0.1, 0.15) is 5.75 Å². The van der Waals surface area contributed by atoms with Crippen molar-refractivity contribution in [2.45, 2.75) is 47.6 Å². The van der Waals surface area contributed by atoms with E-state index in [-0.39, 0.29) is 5.91 Å². The molecule has 0 fully saturated rings. The first-order valence-electron chi connectivity index (χ1n) is 9.50. The second kappa shape index (κ2) is 9.40. The number of esters is 1. The Labute approximate surface area is 167 Å². The number of hydrogen-bond donors (Lipinski definition) is 1. The lowest BCUT2D eigenvalue weighted by Crippen LogP contribution is -2.30. The summed E-state index contributed by atoms with van der Waals surface area (Å²) in [6, 6.07) is 10.7. The van der Waals surface area contributed by atoms with Gasteiger partial charge in [-0.1, -0.05) is 31.5 Å². The first-order chi connectivity index (χ1) is 13.2. The SMILES string of the molecule is Cc1cc(C)c(NC(=O)[C@@H](C)OC(=O)c2ccc(OCC(C)C)cc2)c(C)c1. The van der Waals surface area contributed by atoms with E-state index in [4.69, 9.17) is 9.47 Å². The summed E-state index contributed by atoms with van der Waals surface area (Å²) in [7, 11) is 0. The number of benzene rings is 2. The van der Waals surface area contributed by atoms with Crippen molar-refractivity contribution >= 4 is 17.6 Å². The molecular weight excluding hydrogens is 354 g/mol. The van der Waals surface area contributed by atoms with Gasteiger partial charge in [0, 0.05) is 5.69 Å². The Hall–Kier alpha value is -2.82. The molecule has 1 N–H and O–H groups in total. The van der Waals surface area contributed by atoms with E-state index in [9.17, 15) is 9.59 Å². The van der Waals surface area contributed by atoms with Gasteiger partial charge >= 0.3 is 5.97 Å². The molecule has 0 bridgehead atoms. The normalized spacial score (nSPS) is 11.8. The van der Waals surface area contributed by atoms with Gasteiger partial charge in [-0.2, -0.15) is 0 Å². The van der Waals surface area contributed by atoms with E-state index >= 15 is 0 Å². The summed E-state index contributed by atoms with van der Waals surface area (Å²) in [5.74, 6) is 0.210. The van der Waals surface area contributed by atoms with E-state index in [0.717, 1.165) is 22.4 Å². The van der Waals surface area contributed by atoms with E-state index < -0.39 is 12.1 Å². The largest absolute Gasteiger partial charge is 0.493 e. The standard InChI is InChI=1S/C23H29NO4/c1-14(2)13-27-20-9-7-19(8-10-20)23(26)28-18(6)22(25)24-21-16(4)11-15(3)12-17(21)5/h7-12,14,18H,13H2,1-6H3,(H,24,25)/t18-/m1/s1. The van der Waals surface area contributed by atoms with Crippen LogP contribution in [0, 0.1) is 26.7 Å². The zero-order chi connectivity index (χ0) is 20.8. The Bertz CT molecular complexity index is 817. The van der Waals surface area contributed by atoms with Crippen LogP contribution in [0.1, 0.15) is 47.8 Å². The maximum absolute atomic E-state index is 12.5. The molecule has 1 amide bonds. The average molecular weight is 383 g/mol. The number of rotatable bonds is 7. The second-order valence-electron chi connectivity index (χ2n) is 7.54. The Balaban J connectivity index is 1.97. The molecule has 0 aliphatic carbocycles. The first-order valence-corrected chi connectivity index (χ1v) is 9.50. The molecular formula is C23H29NO4. The third-order valence-corrected chi connectivity index (χ3v) is 4.25. The summed E-state index contributed by atoms with van der Waals surface area (Å²) >= 11 is 0. The number of amides is 1. The number of nitrogens with one attached hydrogen (secondary N) is 1. The van der Waals surface area contributed by atoms with E-state index in [2.05, 4.69) is 19.2 Å². The molecule has 0 heterocycles. The molecule has 5 heteroatoms. The minimum absolute atomic E-state index is 0.361. The fraction of sp³-hybridized carbons (Fsp3) is 0.391. The highest BCUT2D eigenvalue weighted by atomic mass is 16.5. The van der Waals surface area contributed by atoms with Crippen molar-refractivity contribution in [3.05, 3.63) is 58.7 Å². The van der Waals surface area contributed by atoms with Gasteiger partial charge in [0.25, 0.3) is 5.91 Å². The molecule has 0 aliphatic rings. The van der Waals surface area contributed by atoms with Crippen molar-refractivity contribution in [2.75, 3.05) is 11.9 Å². The number of hydrogen-bond acceptors (Lipinski definition) is 4. The fourth-order valence-electron chi connectivity index (χ4n) is 2.83. The third-order valence-electron chi connectivity index (χ3n) is 4.25. The third kappa shape index (κ3) is 5.84. The van der Waals surface area contributed by atoms with Gasteiger partial charge in [0.2, 0.25) is 0 Å². The molecule has 0 aliphatic heterocycles. The molecule has 2 rings (SSSR count). The van der Waals surface area contributed by atoms with Gasteiger partial charge in [-0.15, -0.1) is 0 Å².